The summed E-state index contributed by atoms with van der Waals surface area (Å²) >= 11 is 1.21. The summed E-state index contributed by atoms with van der Waals surface area (Å²) in [4.78, 5) is 28.6. The lowest BCUT2D eigenvalue weighted by atomic mass is 10.2. The van der Waals surface area contributed by atoms with Gasteiger partial charge in [0.05, 0.1) is 22.8 Å². The van der Waals surface area contributed by atoms with Crippen molar-refractivity contribution < 1.29 is 19.4 Å². The van der Waals surface area contributed by atoms with Gasteiger partial charge in [0.25, 0.3) is 5.91 Å². The van der Waals surface area contributed by atoms with Crippen LogP contribution in [0.1, 0.15) is 22.8 Å². The van der Waals surface area contributed by atoms with E-state index >= 15 is 0 Å². The van der Waals surface area contributed by atoms with E-state index in [4.69, 9.17) is 4.74 Å². The number of thioether (sulfide) groups is 1. The van der Waals surface area contributed by atoms with Gasteiger partial charge < -0.3 is 15.2 Å². The molecule has 1 amide bonds. The van der Waals surface area contributed by atoms with Gasteiger partial charge in [0.15, 0.2) is 5.17 Å². The number of amidine groups is 1. The maximum Gasteiger partial charge on any atom is 0.338 e. The van der Waals surface area contributed by atoms with E-state index in [2.05, 4.69) is 10.3 Å². The Bertz CT molecular complexity index is 904. The molecular formula is C19H16N2O4S. The predicted molar refractivity (Wildman–Crippen MR) is 101 cm³/mol. The first kappa shape index (κ1) is 17.8. The van der Waals surface area contributed by atoms with Crippen molar-refractivity contribution >= 4 is 40.6 Å². The molecule has 2 N–H and O–H groups in total. The first-order chi connectivity index (χ1) is 12.5. The van der Waals surface area contributed by atoms with Crippen LogP contribution in [-0.4, -0.2) is 28.8 Å². The minimum atomic E-state index is -0.383. The zero-order valence-corrected chi connectivity index (χ0v) is 14.7. The first-order valence-corrected chi connectivity index (χ1v) is 8.72. The molecule has 1 saturated heterocycles. The van der Waals surface area contributed by atoms with Crippen molar-refractivity contribution in [3.63, 3.8) is 0 Å². The number of ether oxygens (including phenoxy) is 1. The number of aromatic hydroxyl groups is 1. The van der Waals surface area contributed by atoms with Gasteiger partial charge in [-0.05, 0) is 66.7 Å². The lowest BCUT2D eigenvalue weighted by Gasteiger charge is -2.02. The summed E-state index contributed by atoms with van der Waals surface area (Å²) in [7, 11) is 0. The number of hydrogen-bond acceptors (Lipinski definition) is 6. The number of amides is 1. The highest BCUT2D eigenvalue weighted by Gasteiger charge is 2.23. The summed E-state index contributed by atoms with van der Waals surface area (Å²) < 4.78 is 4.93. The normalized spacial score (nSPS) is 16.7. The second-order valence-electron chi connectivity index (χ2n) is 5.34. The minimum absolute atomic E-state index is 0.137. The maximum absolute atomic E-state index is 12.1. The number of carbonyl (C=O) groups excluding carboxylic acids is 2. The summed E-state index contributed by atoms with van der Waals surface area (Å²) in [6.45, 7) is 2.07. The van der Waals surface area contributed by atoms with Crippen LogP contribution in [0, 0.1) is 0 Å². The van der Waals surface area contributed by atoms with Gasteiger partial charge in [-0.2, -0.15) is 0 Å². The van der Waals surface area contributed by atoms with E-state index < -0.39 is 0 Å². The van der Waals surface area contributed by atoms with E-state index in [1.165, 1.54) is 11.8 Å². The van der Waals surface area contributed by atoms with Crippen LogP contribution in [-0.2, 0) is 9.53 Å². The molecule has 132 valence electrons. The smallest absolute Gasteiger partial charge is 0.338 e. The molecule has 1 aliphatic rings. The van der Waals surface area contributed by atoms with Crippen molar-refractivity contribution in [2.24, 2.45) is 4.99 Å². The van der Waals surface area contributed by atoms with Crippen LogP contribution in [0.15, 0.2) is 58.4 Å². The number of benzene rings is 2. The number of carbonyl (C=O) groups is 2. The molecule has 2 aromatic carbocycles. The fourth-order valence-corrected chi connectivity index (χ4v) is 3.09. The van der Waals surface area contributed by atoms with Crippen molar-refractivity contribution in [1.29, 1.82) is 0 Å². The highest BCUT2D eigenvalue weighted by molar-refractivity contribution is 8.18. The third kappa shape index (κ3) is 4.31. The largest absolute Gasteiger partial charge is 0.508 e. The summed E-state index contributed by atoms with van der Waals surface area (Å²) in [6, 6.07) is 13.3. The van der Waals surface area contributed by atoms with Crippen LogP contribution < -0.4 is 5.32 Å². The summed E-state index contributed by atoms with van der Waals surface area (Å²) in [5.41, 5.74) is 1.78. The van der Waals surface area contributed by atoms with E-state index in [1.807, 2.05) is 0 Å². The molecule has 26 heavy (non-hydrogen) atoms. The van der Waals surface area contributed by atoms with Crippen molar-refractivity contribution in [3.8, 4) is 5.75 Å². The van der Waals surface area contributed by atoms with Crippen LogP contribution in [0.3, 0.4) is 0 Å². The predicted octanol–water partition coefficient (Wildman–Crippen LogP) is 3.46. The van der Waals surface area contributed by atoms with Crippen LogP contribution in [0.2, 0.25) is 0 Å². The molecule has 0 saturated carbocycles. The Labute approximate surface area is 154 Å². The van der Waals surface area contributed by atoms with Gasteiger partial charge in [-0.3, -0.25) is 4.79 Å². The van der Waals surface area contributed by atoms with E-state index in [0.717, 1.165) is 5.56 Å². The van der Waals surface area contributed by atoms with Gasteiger partial charge in [0.2, 0.25) is 0 Å². The zero-order chi connectivity index (χ0) is 18.5. The fourth-order valence-electron chi connectivity index (χ4n) is 2.25. The van der Waals surface area contributed by atoms with Gasteiger partial charge in [-0.15, -0.1) is 0 Å². The van der Waals surface area contributed by atoms with Gasteiger partial charge in [-0.1, -0.05) is 12.1 Å². The summed E-state index contributed by atoms with van der Waals surface area (Å²) in [5, 5.41) is 12.6. The Balaban J connectivity index is 1.74. The molecule has 0 radical (unpaired) electrons. The molecule has 1 aliphatic heterocycles. The van der Waals surface area contributed by atoms with E-state index in [-0.39, 0.29) is 17.6 Å². The van der Waals surface area contributed by atoms with Gasteiger partial charge in [0, 0.05) is 0 Å². The fraction of sp³-hybridized carbons (Fsp3) is 0.105. The van der Waals surface area contributed by atoms with Crippen LogP contribution in [0.5, 0.6) is 5.75 Å². The second kappa shape index (κ2) is 7.88. The Morgan fingerprint density at radius 1 is 1.27 bits per heavy atom. The number of nitrogens with zero attached hydrogens (tertiary/aromatic N) is 1. The van der Waals surface area contributed by atoms with Crippen molar-refractivity contribution in [1.82, 2.24) is 5.32 Å². The molecule has 0 atom stereocenters. The molecule has 0 aliphatic carbocycles. The number of phenolic OH excluding ortho intramolecular Hbond substituents is 1. The lowest BCUT2D eigenvalue weighted by molar-refractivity contribution is -0.115. The lowest BCUT2D eigenvalue weighted by Crippen LogP contribution is -2.19. The second-order valence-corrected chi connectivity index (χ2v) is 6.37. The molecule has 0 unspecified atom stereocenters. The highest BCUT2D eigenvalue weighted by Crippen LogP contribution is 2.28. The van der Waals surface area contributed by atoms with Crippen LogP contribution >= 0.6 is 11.8 Å². The number of phenols is 1. The zero-order valence-electron chi connectivity index (χ0n) is 13.9. The average Bonchev–Trinajstić information content (AvgIpc) is 2.95. The Hall–Kier alpha value is -3.06. The van der Waals surface area contributed by atoms with Crippen LogP contribution in [0.25, 0.3) is 6.08 Å². The summed E-state index contributed by atoms with van der Waals surface area (Å²) in [5.74, 6) is -0.495. The van der Waals surface area contributed by atoms with Gasteiger partial charge >= 0.3 is 5.97 Å². The van der Waals surface area contributed by atoms with Gasteiger partial charge in [-0.25, -0.2) is 9.79 Å². The van der Waals surface area contributed by atoms with Crippen molar-refractivity contribution in [2.75, 3.05) is 6.61 Å². The number of hydrogen-bond donors (Lipinski definition) is 2. The third-order valence-corrected chi connectivity index (χ3v) is 4.34. The quantitative estimate of drug-likeness (QED) is 0.637. The molecule has 2 aromatic rings. The first-order valence-electron chi connectivity index (χ1n) is 7.91. The van der Waals surface area contributed by atoms with Crippen molar-refractivity contribution in [2.45, 2.75) is 6.92 Å². The van der Waals surface area contributed by atoms with E-state index in [0.29, 0.717) is 27.9 Å². The monoisotopic (exact) mass is 368 g/mol. The number of esters is 1. The molecule has 3 rings (SSSR count). The topological polar surface area (TPSA) is 88.0 Å². The molecule has 1 heterocycles. The Morgan fingerprint density at radius 3 is 2.73 bits per heavy atom. The Morgan fingerprint density at radius 2 is 2.04 bits per heavy atom. The van der Waals surface area contributed by atoms with Crippen LogP contribution in [0.4, 0.5) is 5.69 Å². The molecule has 6 nitrogen and oxygen atoms in total. The Kier molecular flexibility index (Phi) is 5.38. The number of rotatable bonds is 4. The molecule has 0 bridgehead atoms. The molecule has 1 fully saturated rings. The maximum atomic E-state index is 12.1. The molecular weight excluding hydrogens is 352 g/mol. The number of nitrogens with one attached hydrogen (secondary N) is 1. The standard InChI is InChI=1S/C19H16N2O4S/c1-2-25-18(24)13-6-8-14(9-7-13)20-19-21-17(23)16(26-19)11-12-4-3-5-15(22)10-12/h3-11,22H,2H2,1H3,(H,20,21,23)/b16-11-. The summed E-state index contributed by atoms with van der Waals surface area (Å²) in [6.07, 6.45) is 1.69. The van der Waals surface area contributed by atoms with E-state index in [9.17, 15) is 14.7 Å². The average molecular weight is 368 g/mol. The molecule has 7 heteroatoms. The number of aliphatic imine (C=N–C) groups is 1. The SMILES string of the molecule is CCOC(=O)c1ccc(N=C2NC(=O)/C(=C/c3cccc(O)c3)S2)cc1. The van der Waals surface area contributed by atoms with E-state index in [1.54, 1.807) is 61.5 Å². The molecule has 0 aromatic heterocycles. The third-order valence-electron chi connectivity index (χ3n) is 3.43. The van der Waals surface area contributed by atoms with Gasteiger partial charge in [0.1, 0.15) is 5.75 Å². The molecule has 0 spiro atoms. The minimum Gasteiger partial charge on any atom is -0.508 e. The van der Waals surface area contributed by atoms with Crippen molar-refractivity contribution in [3.05, 3.63) is 64.6 Å². The highest BCUT2D eigenvalue weighted by atomic mass is 32.2.